The Hall–Kier alpha value is -1.33. The third-order valence-electron chi connectivity index (χ3n) is 5.21. The molecule has 5 heteroatoms. The summed E-state index contributed by atoms with van der Waals surface area (Å²) in [6.45, 7) is 6.24. The molecule has 5 nitrogen and oxygen atoms in total. The molecule has 3 aliphatic heterocycles. The van der Waals surface area contributed by atoms with E-state index in [4.69, 9.17) is 9.15 Å². The maximum Gasteiger partial charge on any atom is 0.228 e. The summed E-state index contributed by atoms with van der Waals surface area (Å²) in [6.07, 6.45) is 3.90. The maximum atomic E-state index is 12.6. The number of fused-ring (bicyclic) bond motifs is 2. The SMILES string of the molecule is O=C(C1CCOC1)N1CC2CC(CN(Cc3ccco3)C2)C1. The van der Waals surface area contributed by atoms with Gasteiger partial charge in [0.05, 0.1) is 25.3 Å². The van der Waals surface area contributed by atoms with Crippen molar-refractivity contribution >= 4 is 5.91 Å². The second-order valence-corrected chi connectivity index (χ2v) is 7.04. The van der Waals surface area contributed by atoms with Gasteiger partial charge in [-0.2, -0.15) is 0 Å². The first-order chi connectivity index (χ1) is 10.8. The third kappa shape index (κ3) is 2.92. The lowest BCUT2D eigenvalue weighted by atomic mass is 9.84. The molecule has 3 saturated heterocycles. The monoisotopic (exact) mass is 304 g/mol. The highest BCUT2D eigenvalue weighted by Crippen LogP contribution is 2.31. The summed E-state index contributed by atoms with van der Waals surface area (Å²) < 4.78 is 10.8. The van der Waals surface area contributed by atoms with Crippen LogP contribution >= 0.6 is 0 Å². The molecular formula is C17H24N2O3. The molecule has 3 aliphatic rings. The molecule has 0 aromatic carbocycles. The molecule has 22 heavy (non-hydrogen) atoms. The zero-order valence-electron chi connectivity index (χ0n) is 12.9. The number of ether oxygens (including phenoxy) is 1. The van der Waals surface area contributed by atoms with E-state index in [1.165, 1.54) is 6.42 Å². The summed E-state index contributed by atoms with van der Waals surface area (Å²) in [6, 6.07) is 3.99. The number of carbonyl (C=O) groups excluding carboxylic acids is 1. The van der Waals surface area contributed by atoms with Gasteiger partial charge in [0.1, 0.15) is 5.76 Å². The number of amides is 1. The summed E-state index contributed by atoms with van der Waals surface area (Å²) >= 11 is 0. The zero-order valence-corrected chi connectivity index (χ0v) is 12.9. The molecule has 3 fully saturated rings. The standard InChI is InChI=1S/C17H24N2O3/c20-17(15-3-5-21-12-15)19-9-13-6-14(10-19)8-18(7-13)11-16-2-1-4-22-16/h1-2,4,13-15H,3,5-12H2. The Kier molecular flexibility index (Phi) is 3.92. The van der Waals surface area contributed by atoms with Crippen molar-refractivity contribution in [3.8, 4) is 0 Å². The molecule has 0 aliphatic carbocycles. The van der Waals surface area contributed by atoms with E-state index in [0.29, 0.717) is 24.3 Å². The molecule has 0 saturated carbocycles. The Balaban J connectivity index is 1.36. The summed E-state index contributed by atoms with van der Waals surface area (Å²) in [5.41, 5.74) is 0. The van der Waals surface area contributed by atoms with E-state index in [9.17, 15) is 4.79 Å². The Morgan fingerprint density at radius 1 is 1.23 bits per heavy atom. The van der Waals surface area contributed by atoms with Gasteiger partial charge in [0.2, 0.25) is 5.91 Å². The van der Waals surface area contributed by atoms with Crippen LogP contribution in [0.3, 0.4) is 0 Å². The van der Waals surface area contributed by atoms with Crippen molar-refractivity contribution < 1.29 is 13.9 Å². The fraction of sp³-hybridized carbons (Fsp3) is 0.706. The van der Waals surface area contributed by atoms with Gasteiger partial charge in [-0.3, -0.25) is 9.69 Å². The Labute approximate surface area is 131 Å². The molecule has 3 unspecified atom stereocenters. The number of piperidine rings is 2. The lowest BCUT2D eigenvalue weighted by molar-refractivity contribution is -0.140. The van der Waals surface area contributed by atoms with Crippen LogP contribution in [0, 0.1) is 17.8 Å². The highest BCUT2D eigenvalue weighted by atomic mass is 16.5. The van der Waals surface area contributed by atoms with Crippen LogP contribution in [0.1, 0.15) is 18.6 Å². The third-order valence-corrected chi connectivity index (χ3v) is 5.21. The van der Waals surface area contributed by atoms with Crippen molar-refractivity contribution in [2.24, 2.45) is 17.8 Å². The van der Waals surface area contributed by atoms with Gasteiger partial charge in [0.25, 0.3) is 0 Å². The van der Waals surface area contributed by atoms with Gasteiger partial charge in [0.15, 0.2) is 0 Å². The first kappa shape index (κ1) is 14.3. The molecule has 0 N–H and O–H groups in total. The van der Waals surface area contributed by atoms with Crippen LogP contribution in [0.4, 0.5) is 0 Å². The van der Waals surface area contributed by atoms with E-state index < -0.39 is 0 Å². The van der Waals surface area contributed by atoms with Gasteiger partial charge < -0.3 is 14.1 Å². The normalized spacial score (nSPS) is 32.4. The van der Waals surface area contributed by atoms with Gasteiger partial charge in [-0.1, -0.05) is 0 Å². The first-order valence-corrected chi connectivity index (χ1v) is 8.39. The van der Waals surface area contributed by atoms with E-state index in [0.717, 1.165) is 51.5 Å². The highest BCUT2D eigenvalue weighted by molar-refractivity contribution is 5.79. The van der Waals surface area contributed by atoms with Gasteiger partial charge in [-0.15, -0.1) is 0 Å². The van der Waals surface area contributed by atoms with E-state index >= 15 is 0 Å². The van der Waals surface area contributed by atoms with E-state index in [1.54, 1.807) is 6.26 Å². The zero-order chi connectivity index (χ0) is 14.9. The average Bonchev–Trinajstić information content (AvgIpc) is 3.18. The number of carbonyl (C=O) groups is 1. The predicted molar refractivity (Wildman–Crippen MR) is 81.1 cm³/mol. The van der Waals surface area contributed by atoms with E-state index in [1.807, 2.05) is 12.1 Å². The van der Waals surface area contributed by atoms with Crippen LogP contribution in [0.25, 0.3) is 0 Å². The van der Waals surface area contributed by atoms with Gasteiger partial charge in [0, 0.05) is 32.8 Å². The van der Waals surface area contributed by atoms with Crippen molar-refractivity contribution in [1.29, 1.82) is 0 Å². The Bertz CT molecular complexity index is 496. The van der Waals surface area contributed by atoms with Crippen molar-refractivity contribution in [3.63, 3.8) is 0 Å². The molecule has 0 spiro atoms. The Morgan fingerprint density at radius 3 is 2.68 bits per heavy atom. The predicted octanol–water partition coefficient (Wildman–Crippen LogP) is 1.60. The van der Waals surface area contributed by atoms with Crippen LogP contribution in [0.5, 0.6) is 0 Å². The molecule has 3 atom stereocenters. The van der Waals surface area contributed by atoms with Crippen LogP contribution < -0.4 is 0 Å². The van der Waals surface area contributed by atoms with Crippen LogP contribution in [0.15, 0.2) is 22.8 Å². The lowest BCUT2D eigenvalue weighted by Crippen LogP contribution is -2.54. The number of nitrogens with zero attached hydrogens (tertiary/aromatic N) is 2. The number of furan rings is 1. The van der Waals surface area contributed by atoms with Crippen LogP contribution in [0.2, 0.25) is 0 Å². The van der Waals surface area contributed by atoms with Gasteiger partial charge >= 0.3 is 0 Å². The van der Waals surface area contributed by atoms with E-state index in [-0.39, 0.29) is 5.92 Å². The molecule has 4 heterocycles. The Morgan fingerprint density at radius 2 is 2.05 bits per heavy atom. The molecule has 2 bridgehead atoms. The minimum atomic E-state index is 0.109. The van der Waals surface area contributed by atoms with Crippen LogP contribution in [-0.4, -0.2) is 55.1 Å². The molecule has 4 rings (SSSR count). The highest BCUT2D eigenvalue weighted by Gasteiger charge is 2.38. The lowest BCUT2D eigenvalue weighted by Gasteiger charge is -2.46. The van der Waals surface area contributed by atoms with Crippen molar-refractivity contribution in [2.75, 3.05) is 39.4 Å². The van der Waals surface area contributed by atoms with Crippen molar-refractivity contribution in [1.82, 2.24) is 9.80 Å². The number of hydrogen-bond acceptors (Lipinski definition) is 4. The molecule has 0 radical (unpaired) electrons. The average molecular weight is 304 g/mol. The fourth-order valence-corrected chi connectivity index (χ4v) is 4.31. The molecule has 1 amide bonds. The maximum absolute atomic E-state index is 12.6. The largest absolute Gasteiger partial charge is 0.468 e. The molecular weight excluding hydrogens is 280 g/mol. The molecule has 1 aromatic heterocycles. The van der Waals surface area contributed by atoms with Gasteiger partial charge in [-0.05, 0) is 36.8 Å². The summed E-state index contributed by atoms with van der Waals surface area (Å²) in [5.74, 6) is 2.68. The smallest absolute Gasteiger partial charge is 0.228 e. The first-order valence-electron chi connectivity index (χ1n) is 8.39. The molecule has 120 valence electrons. The fourth-order valence-electron chi connectivity index (χ4n) is 4.31. The van der Waals surface area contributed by atoms with Crippen molar-refractivity contribution in [3.05, 3.63) is 24.2 Å². The topological polar surface area (TPSA) is 45.9 Å². The second kappa shape index (κ2) is 6.05. The quantitative estimate of drug-likeness (QED) is 0.851. The summed E-state index contributed by atoms with van der Waals surface area (Å²) in [7, 11) is 0. The number of hydrogen-bond donors (Lipinski definition) is 0. The number of rotatable bonds is 3. The van der Waals surface area contributed by atoms with Crippen LogP contribution in [-0.2, 0) is 16.1 Å². The minimum absolute atomic E-state index is 0.109. The van der Waals surface area contributed by atoms with Gasteiger partial charge in [-0.25, -0.2) is 0 Å². The number of likely N-dealkylation sites (tertiary alicyclic amines) is 2. The second-order valence-electron chi connectivity index (χ2n) is 7.04. The summed E-state index contributed by atoms with van der Waals surface area (Å²) in [5, 5.41) is 0. The van der Waals surface area contributed by atoms with Crippen molar-refractivity contribution in [2.45, 2.75) is 19.4 Å². The molecule has 1 aromatic rings. The summed E-state index contributed by atoms with van der Waals surface area (Å²) in [4.78, 5) is 17.2. The minimum Gasteiger partial charge on any atom is -0.468 e. The van der Waals surface area contributed by atoms with E-state index in [2.05, 4.69) is 9.80 Å².